The first-order valence-corrected chi connectivity index (χ1v) is 6.41. The van der Waals surface area contributed by atoms with Crippen molar-refractivity contribution in [2.45, 2.75) is 9.79 Å². The van der Waals surface area contributed by atoms with Crippen molar-refractivity contribution in [3.05, 3.63) is 42.5 Å². The van der Waals surface area contributed by atoms with E-state index in [1.54, 1.807) is 0 Å². The third-order valence-electron chi connectivity index (χ3n) is 2.84. The quantitative estimate of drug-likeness (QED) is 0.695. The molecule has 0 saturated heterocycles. The SMILES string of the molecule is CN(C)c1cccc2c1Sc1ccccc1N2. The second-order valence-corrected chi connectivity index (χ2v) is 5.32. The van der Waals surface area contributed by atoms with Gasteiger partial charge in [0.25, 0.3) is 0 Å². The van der Waals surface area contributed by atoms with E-state index >= 15 is 0 Å². The first kappa shape index (κ1) is 10.5. The number of hydrogen-bond donors (Lipinski definition) is 1. The summed E-state index contributed by atoms with van der Waals surface area (Å²) in [5.41, 5.74) is 3.65. The molecule has 2 aromatic rings. The fraction of sp³-hybridized carbons (Fsp3) is 0.143. The minimum Gasteiger partial charge on any atom is -0.377 e. The number of nitrogens with one attached hydrogen (secondary N) is 1. The zero-order valence-corrected chi connectivity index (χ0v) is 10.7. The van der Waals surface area contributed by atoms with E-state index in [0.717, 1.165) is 0 Å². The number of para-hydroxylation sites is 1. The number of fused-ring (bicyclic) bond motifs is 2. The summed E-state index contributed by atoms with van der Waals surface area (Å²) in [6, 6.07) is 14.8. The number of rotatable bonds is 1. The van der Waals surface area contributed by atoms with Crippen molar-refractivity contribution in [1.29, 1.82) is 0 Å². The van der Waals surface area contributed by atoms with Gasteiger partial charge in [-0.15, -0.1) is 0 Å². The van der Waals surface area contributed by atoms with Crippen LogP contribution < -0.4 is 10.2 Å². The van der Waals surface area contributed by atoms with Crippen LogP contribution in [0.5, 0.6) is 0 Å². The molecule has 17 heavy (non-hydrogen) atoms. The van der Waals surface area contributed by atoms with Gasteiger partial charge in [-0.2, -0.15) is 0 Å². The van der Waals surface area contributed by atoms with Crippen LogP contribution in [0.15, 0.2) is 52.3 Å². The number of benzene rings is 2. The lowest BCUT2D eigenvalue weighted by molar-refractivity contribution is 1.09. The number of anilines is 3. The highest BCUT2D eigenvalue weighted by atomic mass is 32.2. The van der Waals surface area contributed by atoms with Crippen molar-refractivity contribution in [3.63, 3.8) is 0 Å². The zero-order chi connectivity index (χ0) is 11.8. The van der Waals surface area contributed by atoms with Gasteiger partial charge in [-0.25, -0.2) is 0 Å². The highest BCUT2D eigenvalue weighted by molar-refractivity contribution is 8.00. The summed E-state index contributed by atoms with van der Waals surface area (Å²) in [5, 5.41) is 3.49. The Morgan fingerprint density at radius 3 is 2.53 bits per heavy atom. The fourth-order valence-electron chi connectivity index (χ4n) is 2.00. The monoisotopic (exact) mass is 242 g/mol. The molecule has 0 aliphatic carbocycles. The Morgan fingerprint density at radius 1 is 0.941 bits per heavy atom. The van der Waals surface area contributed by atoms with Crippen molar-refractivity contribution in [2.75, 3.05) is 24.3 Å². The van der Waals surface area contributed by atoms with Gasteiger partial charge in [0, 0.05) is 19.0 Å². The standard InChI is InChI=1S/C14H14N2S/c1-16(2)12-8-5-7-11-14(12)17-13-9-4-3-6-10(13)15-11/h3-9,15H,1-2H3. The van der Waals surface area contributed by atoms with E-state index in [1.807, 2.05) is 11.8 Å². The summed E-state index contributed by atoms with van der Waals surface area (Å²) >= 11 is 1.83. The first-order chi connectivity index (χ1) is 8.25. The molecule has 0 fully saturated rings. The second-order valence-electron chi connectivity index (χ2n) is 4.27. The van der Waals surface area contributed by atoms with Gasteiger partial charge in [-0.1, -0.05) is 30.0 Å². The molecule has 0 unspecified atom stereocenters. The summed E-state index contributed by atoms with van der Waals surface area (Å²) in [6.45, 7) is 0. The van der Waals surface area contributed by atoms with E-state index in [-0.39, 0.29) is 0 Å². The summed E-state index contributed by atoms with van der Waals surface area (Å²) in [4.78, 5) is 4.74. The maximum Gasteiger partial charge on any atom is 0.0591 e. The molecule has 1 aliphatic heterocycles. The van der Waals surface area contributed by atoms with Gasteiger partial charge in [0.2, 0.25) is 0 Å². The van der Waals surface area contributed by atoms with Gasteiger partial charge in [-0.3, -0.25) is 0 Å². The van der Waals surface area contributed by atoms with Crippen LogP contribution in [-0.4, -0.2) is 14.1 Å². The van der Waals surface area contributed by atoms with Crippen molar-refractivity contribution in [3.8, 4) is 0 Å². The van der Waals surface area contributed by atoms with Gasteiger partial charge in [0.15, 0.2) is 0 Å². The van der Waals surface area contributed by atoms with Gasteiger partial charge >= 0.3 is 0 Å². The Bertz CT molecular complexity index is 564. The Labute approximate surface area is 106 Å². The van der Waals surface area contributed by atoms with Crippen LogP contribution in [-0.2, 0) is 0 Å². The lowest BCUT2D eigenvalue weighted by Gasteiger charge is -2.25. The Hall–Kier alpha value is -1.61. The maximum absolute atomic E-state index is 3.49. The fourth-order valence-corrected chi connectivity index (χ4v) is 3.18. The largest absolute Gasteiger partial charge is 0.377 e. The smallest absolute Gasteiger partial charge is 0.0591 e. The molecule has 2 aromatic carbocycles. The summed E-state index contributed by atoms with van der Waals surface area (Å²) < 4.78 is 0. The van der Waals surface area contributed by atoms with E-state index in [4.69, 9.17) is 0 Å². The average Bonchev–Trinajstić information content (AvgIpc) is 2.35. The molecule has 2 nitrogen and oxygen atoms in total. The van der Waals surface area contributed by atoms with Crippen LogP contribution in [0.2, 0.25) is 0 Å². The molecule has 1 aliphatic rings. The van der Waals surface area contributed by atoms with Crippen LogP contribution >= 0.6 is 11.8 Å². The number of hydrogen-bond acceptors (Lipinski definition) is 3. The Balaban J connectivity index is 2.12. The average molecular weight is 242 g/mol. The predicted molar refractivity (Wildman–Crippen MR) is 74.6 cm³/mol. The molecule has 3 rings (SSSR count). The lowest BCUT2D eigenvalue weighted by atomic mass is 10.2. The molecule has 0 radical (unpaired) electrons. The third kappa shape index (κ3) is 1.76. The zero-order valence-electron chi connectivity index (χ0n) is 9.90. The van der Waals surface area contributed by atoms with Crippen LogP contribution in [0, 0.1) is 0 Å². The molecule has 1 N–H and O–H groups in total. The van der Waals surface area contributed by atoms with E-state index in [0.29, 0.717) is 0 Å². The minimum atomic E-state index is 1.19. The van der Waals surface area contributed by atoms with E-state index in [1.165, 1.54) is 26.9 Å². The summed E-state index contributed by atoms with van der Waals surface area (Å²) in [7, 11) is 4.16. The third-order valence-corrected chi connectivity index (χ3v) is 4.05. The molecule has 0 amide bonds. The van der Waals surface area contributed by atoms with Gasteiger partial charge in [0.1, 0.15) is 0 Å². The Kier molecular flexibility index (Phi) is 2.48. The lowest BCUT2D eigenvalue weighted by Crippen LogP contribution is -2.11. The Morgan fingerprint density at radius 2 is 1.71 bits per heavy atom. The molecular formula is C14H14N2S. The van der Waals surface area contributed by atoms with Crippen molar-refractivity contribution in [2.24, 2.45) is 0 Å². The van der Waals surface area contributed by atoms with Gasteiger partial charge in [-0.05, 0) is 24.3 Å². The van der Waals surface area contributed by atoms with Crippen LogP contribution in [0.3, 0.4) is 0 Å². The van der Waals surface area contributed by atoms with E-state index < -0.39 is 0 Å². The van der Waals surface area contributed by atoms with Crippen LogP contribution in [0.4, 0.5) is 17.1 Å². The summed E-state index contributed by atoms with van der Waals surface area (Å²) in [6.07, 6.45) is 0. The molecular weight excluding hydrogens is 228 g/mol. The predicted octanol–water partition coefficient (Wildman–Crippen LogP) is 3.96. The normalized spacial score (nSPS) is 12.4. The van der Waals surface area contributed by atoms with Crippen LogP contribution in [0.25, 0.3) is 0 Å². The van der Waals surface area contributed by atoms with Crippen molar-refractivity contribution < 1.29 is 0 Å². The van der Waals surface area contributed by atoms with Crippen molar-refractivity contribution in [1.82, 2.24) is 0 Å². The molecule has 0 atom stereocenters. The van der Waals surface area contributed by atoms with Gasteiger partial charge < -0.3 is 10.2 Å². The minimum absolute atomic E-state index is 1.19. The van der Waals surface area contributed by atoms with E-state index in [2.05, 4.69) is 66.8 Å². The molecule has 0 aromatic heterocycles. The highest BCUT2D eigenvalue weighted by Gasteiger charge is 2.18. The second kappa shape index (κ2) is 4.00. The molecule has 0 spiro atoms. The molecule has 0 saturated carbocycles. The first-order valence-electron chi connectivity index (χ1n) is 5.60. The van der Waals surface area contributed by atoms with Crippen LogP contribution in [0.1, 0.15) is 0 Å². The highest BCUT2D eigenvalue weighted by Crippen LogP contribution is 2.47. The van der Waals surface area contributed by atoms with Crippen molar-refractivity contribution >= 4 is 28.8 Å². The molecule has 3 heteroatoms. The topological polar surface area (TPSA) is 15.3 Å². The maximum atomic E-state index is 3.49. The number of nitrogens with zero attached hydrogens (tertiary/aromatic N) is 1. The molecule has 86 valence electrons. The molecule has 0 bridgehead atoms. The molecule has 1 heterocycles. The summed E-state index contributed by atoms with van der Waals surface area (Å²) in [5.74, 6) is 0. The van der Waals surface area contributed by atoms with E-state index in [9.17, 15) is 0 Å². The van der Waals surface area contributed by atoms with Gasteiger partial charge in [0.05, 0.1) is 22.0 Å².